The molecule has 2 aromatic heterocycles. The number of aliphatic hydroxyl groups excluding tert-OH is 1. The molecule has 0 radical (unpaired) electrons. The van der Waals surface area contributed by atoms with Gasteiger partial charge in [0, 0.05) is 31.4 Å². The molecule has 0 saturated heterocycles. The molecule has 1 N–H and O–H groups in total. The van der Waals surface area contributed by atoms with Crippen LogP contribution in [0, 0.1) is 6.92 Å². The summed E-state index contributed by atoms with van der Waals surface area (Å²) in [4.78, 5) is 8.04. The van der Waals surface area contributed by atoms with Crippen molar-refractivity contribution in [1.82, 2.24) is 9.97 Å². The highest BCUT2D eigenvalue weighted by molar-refractivity contribution is 7.86. The Morgan fingerprint density at radius 3 is 1.96 bits per heavy atom. The predicted octanol–water partition coefficient (Wildman–Crippen LogP) is 2.95. The Balaban J connectivity index is 0.000000261. The number of benzene rings is 1. The van der Waals surface area contributed by atoms with Crippen molar-refractivity contribution in [2.24, 2.45) is 0 Å². The number of hydrogen-bond acceptors (Lipinski definition) is 6. The molecule has 1 aromatic carbocycles. The third kappa shape index (κ3) is 7.56. The van der Waals surface area contributed by atoms with Gasteiger partial charge in [0.05, 0.1) is 11.5 Å². The van der Waals surface area contributed by atoms with Crippen molar-refractivity contribution >= 4 is 10.1 Å². The van der Waals surface area contributed by atoms with Crippen LogP contribution in [0.15, 0.2) is 78.2 Å². The summed E-state index contributed by atoms with van der Waals surface area (Å²) in [5.74, 6) is 0. The van der Waals surface area contributed by atoms with Crippen LogP contribution >= 0.6 is 0 Å². The number of nitrogens with zero attached hydrogens (tertiary/aromatic N) is 2. The Morgan fingerprint density at radius 2 is 1.46 bits per heavy atom. The zero-order chi connectivity index (χ0) is 20.2. The first-order valence-corrected chi connectivity index (χ1v) is 10.3. The molecule has 0 saturated carbocycles. The smallest absolute Gasteiger partial charge is 0.296 e. The maximum Gasteiger partial charge on any atom is 0.296 e. The van der Waals surface area contributed by atoms with Crippen LogP contribution in [0.2, 0.25) is 0 Å². The molecule has 0 aliphatic heterocycles. The Morgan fingerprint density at radius 1 is 0.893 bits per heavy atom. The van der Waals surface area contributed by atoms with E-state index in [1.165, 1.54) is 0 Å². The van der Waals surface area contributed by atoms with Crippen molar-refractivity contribution < 1.29 is 17.7 Å². The quantitative estimate of drug-likeness (QED) is 0.614. The van der Waals surface area contributed by atoms with Crippen LogP contribution in [-0.2, 0) is 27.1 Å². The second kappa shape index (κ2) is 11.3. The molecule has 3 rings (SSSR count). The molecule has 0 spiro atoms. The van der Waals surface area contributed by atoms with E-state index < -0.39 is 10.1 Å². The fourth-order valence-electron chi connectivity index (χ4n) is 2.26. The number of pyridine rings is 2. The van der Waals surface area contributed by atoms with Crippen LogP contribution in [0.25, 0.3) is 0 Å². The van der Waals surface area contributed by atoms with E-state index in [0.29, 0.717) is 12.8 Å². The molecule has 148 valence electrons. The second-order valence-electron chi connectivity index (χ2n) is 6.04. The number of aromatic nitrogens is 2. The van der Waals surface area contributed by atoms with E-state index in [2.05, 4.69) is 9.97 Å². The van der Waals surface area contributed by atoms with Crippen molar-refractivity contribution in [3.8, 4) is 0 Å². The topological polar surface area (TPSA) is 89.4 Å². The summed E-state index contributed by atoms with van der Waals surface area (Å²) in [5, 5.41) is 8.49. The minimum atomic E-state index is -3.67. The third-order valence-corrected chi connectivity index (χ3v) is 5.11. The van der Waals surface area contributed by atoms with Gasteiger partial charge >= 0.3 is 0 Å². The van der Waals surface area contributed by atoms with Gasteiger partial charge in [-0.2, -0.15) is 8.42 Å². The first-order valence-electron chi connectivity index (χ1n) is 8.86. The van der Waals surface area contributed by atoms with Crippen LogP contribution in [-0.4, -0.2) is 36.7 Å². The second-order valence-corrected chi connectivity index (χ2v) is 7.65. The normalized spacial score (nSPS) is 10.8. The standard InChI is InChI=1S/C14H15NO3S.C7H9NO/c1-12-4-6-14(7-5-12)19(16,17)18-10-8-13-3-2-9-15-11-13;9-5-3-7-2-1-4-8-6-7/h2-7,9,11H,8,10H2,1H3;1-2,4,6,9H,3,5H2. The molecule has 0 amide bonds. The van der Waals surface area contributed by atoms with E-state index in [4.69, 9.17) is 9.29 Å². The van der Waals surface area contributed by atoms with Gasteiger partial charge in [0.25, 0.3) is 10.1 Å². The molecule has 6 nitrogen and oxygen atoms in total. The predicted molar refractivity (Wildman–Crippen MR) is 107 cm³/mol. The van der Waals surface area contributed by atoms with Crippen molar-refractivity contribution in [3.63, 3.8) is 0 Å². The summed E-state index contributed by atoms with van der Waals surface area (Å²) >= 11 is 0. The summed E-state index contributed by atoms with van der Waals surface area (Å²) in [7, 11) is -3.67. The lowest BCUT2D eigenvalue weighted by Gasteiger charge is -2.06. The summed E-state index contributed by atoms with van der Waals surface area (Å²) < 4.78 is 28.8. The van der Waals surface area contributed by atoms with Gasteiger partial charge in [0.2, 0.25) is 0 Å². The van der Waals surface area contributed by atoms with E-state index >= 15 is 0 Å². The highest BCUT2D eigenvalue weighted by atomic mass is 32.2. The number of aryl methyl sites for hydroxylation is 1. The summed E-state index contributed by atoms with van der Waals surface area (Å²) in [6.45, 7) is 2.22. The Hall–Kier alpha value is -2.61. The van der Waals surface area contributed by atoms with Crippen LogP contribution in [0.3, 0.4) is 0 Å². The van der Waals surface area contributed by atoms with E-state index in [1.807, 2.05) is 31.2 Å². The van der Waals surface area contributed by atoms with Gasteiger partial charge < -0.3 is 5.11 Å². The lowest BCUT2D eigenvalue weighted by Crippen LogP contribution is -2.09. The van der Waals surface area contributed by atoms with Crippen molar-refractivity contribution in [2.75, 3.05) is 13.2 Å². The molecule has 3 aromatic rings. The first-order chi connectivity index (χ1) is 13.5. The van der Waals surface area contributed by atoms with Gasteiger partial charge in [-0.1, -0.05) is 29.8 Å². The van der Waals surface area contributed by atoms with Gasteiger partial charge in [-0.3, -0.25) is 14.2 Å². The third-order valence-electron chi connectivity index (χ3n) is 3.78. The molecule has 2 heterocycles. The van der Waals surface area contributed by atoms with E-state index in [-0.39, 0.29) is 18.1 Å². The van der Waals surface area contributed by atoms with Crippen molar-refractivity contribution in [2.45, 2.75) is 24.7 Å². The highest BCUT2D eigenvalue weighted by Gasteiger charge is 2.14. The van der Waals surface area contributed by atoms with E-state index in [1.54, 1.807) is 49.1 Å². The maximum atomic E-state index is 11.9. The van der Waals surface area contributed by atoms with Gasteiger partial charge in [-0.25, -0.2) is 0 Å². The molecule has 7 heteroatoms. The van der Waals surface area contributed by atoms with Crippen LogP contribution in [0.5, 0.6) is 0 Å². The lowest BCUT2D eigenvalue weighted by atomic mass is 10.2. The van der Waals surface area contributed by atoms with Gasteiger partial charge in [0.15, 0.2) is 0 Å². The fourth-order valence-corrected chi connectivity index (χ4v) is 3.17. The monoisotopic (exact) mass is 400 g/mol. The summed E-state index contributed by atoms with van der Waals surface area (Å²) in [5.41, 5.74) is 3.04. The number of aliphatic hydroxyl groups is 1. The Bertz CT molecular complexity index is 916. The molecular weight excluding hydrogens is 376 g/mol. The SMILES string of the molecule is Cc1ccc(S(=O)(=O)OCCc2cccnc2)cc1.OCCc1cccnc1. The first kappa shape index (κ1) is 21.7. The maximum absolute atomic E-state index is 11.9. The average Bonchev–Trinajstić information content (AvgIpc) is 2.71. The molecule has 28 heavy (non-hydrogen) atoms. The van der Waals surface area contributed by atoms with Crippen LogP contribution < -0.4 is 0 Å². The minimum absolute atomic E-state index is 0.113. The summed E-state index contributed by atoms with van der Waals surface area (Å²) in [6, 6.07) is 14.1. The molecule has 0 unspecified atom stereocenters. The van der Waals surface area contributed by atoms with Crippen LogP contribution in [0.1, 0.15) is 16.7 Å². The molecule has 0 atom stereocenters. The lowest BCUT2D eigenvalue weighted by molar-refractivity contribution is 0.299. The average molecular weight is 401 g/mol. The molecule has 0 aliphatic carbocycles. The minimum Gasteiger partial charge on any atom is -0.396 e. The molecule has 0 bridgehead atoms. The zero-order valence-electron chi connectivity index (χ0n) is 15.7. The van der Waals surface area contributed by atoms with Crippen LogP contribution in [0.4, 0.5) is 0 Å². The molecule has 0 fully saturated rings. The van der Waals surface area contributed by atoms with Gasteiger partial charge in [-0.15, -0.1) is 0 Å². The summed E-state index contributed by atoms with van der Waals surface area (Å²) in [6.07, 6.45) is 8.07. The fraction of sp³-hybridized carbons (Fsp3) is 0.238. The van der Waals surface area contributed by atoms with Crippen molar-refractivity contribution in [3.05, 3.63) is 90.0 Å². The zero-order valence-corrected chi connectivity index (χ0v) is 16.5. The number of rotatable bonds is 7. The Labute approximate surface area is 166 Å². The number of hydrogen-bond donors (Lipinski definition) is 1. The van der Waals surface area contributed by atoms with E-state index in [0.717, 1.165) is 16.7 Å². The Kier molecular flexibility index (Phi) is 8.74. The van der Waals surface area contributed by atoms with E-state index in [9.17, 15) is 8.42 Å². The van der Waals surface area contributed by atoms with Gasteiger partial charge in [-0.05, 0) is 55.2 Å². The highest BCUT2D eigenvalue weighted by Crippen LogP contribution is 2.13. The largest absolute Gasteiger partial charge is 0.396 e. The molecule has 0 aliphatic rings. The van der Waals surface area contributed by atoms with Crippen molar-refractivity contribution in [1.29, 1.82) is 0 Å². The molecular formula is C21H24N2O4S. The van der Waals surface area contributed by atoms with Gasteiger partial charge in [0.1, 0.15) is 0 Å².